The summed E-state index contributed by atoms with van der Waals surface area (Å²) in [5.74, 6) is 1.70. The molecule has 0 aliphatic carbocycles. The average Bonchev–Trinajstić information content (AvgIpc) is 2.81. The molecule has 32 heavy (non-hydrogen) atoms. The molecular weight excluding hydrogens is 428 g/mol. The first-order valence-electron chi connectivity index (χ1n) is 10.6. The first-order chi connectivity index (χ1) is 15.7. The Labute approximate surface area is 193 Å². The molecule has 3 aromatic rings. The summed E-state index contributed by atoms with van der Waals surface area (Å²) in [5, 5.41) is 7.19. The predicted molar refractivity (Wildman–Crippen MR) is 127 cm³/mol. The van der Waals surface area contributed by atoms with E-state index < -0.39 is 0 Å². The van der Waals surface area contributed by atoms with Crippen LogP contribution in [0.3, 0.4) is 0 Å². The van der Waals surface area contributed by atoms with Crippen LogP contribution in [-0.2, 0) is 22.4 Å². The number of benzene rings is 2. The highest BCUT2D eigenvalue weighted by atomic mass is 35.5. The lowest BCUT2D eigenvalue weighted by Gasteiger charge is -2.11. The summed E-state index contributed by atoms with van der Waals surface area (Å²) >= 11 is 5.97. The molecule has 170 valence electrons. The minimum absolute atomic E-state index is 0.507. The Balaban J connectivity index is 1.58. The van der Waals surface area contributed by atoms with Gasteiger partial charge in [-0.2, -0.15) is 15.0 Å². The molecule has 0 amide bonds. The van der Waals surface area contributed by atoms with Crippen molar-refractivity contribution < 1.29 is 9.47 Å². The number of nitrogens with zero attached hydrogens (tertiary/aromatic N) is 3. The molecule has 3 rings (SSSR count). The van der Waals surface area contributed by atoms with Gasteiger partial charge in [-0.1, -0.05) is 54.1 Å². The summed E-state index contributed by atoms with van der Waals surface area (Å²) in [6, 6.07) is 17.8. The second kappa shape index (κ2) is 13.6. The fraction of sp³-hybridized carbons (Fsp3) is 0.348. The van der Waals surface area contributed by atoms with E-state index in [1.165, 1.54) is 0 Å². The molecule has 0 fully saturated rings. The molecule has 1 aromatic heterocycles. The molecule has 0 aliphatic rings. The van der Waals surface area contributed by atoms with Crippen LogP contribution in [-0.4, -0.2) is 54.5 Å². The Morgan fingerprint density at radius 1 is 0.750 bits per heavy atom. The summed E-state index contributed by atoms with van der Waals surface area (Å²) in [6.45, 7) is 3.77. The summed E-state index contributed by atoms with van der Waals surface area (Å²) < 4.78 is 10.8. The zero-order valence-electron chi connectivity index (χ0n) is 18.0. The van der Waals surface area contributed by atoms with Crippen LogP contribution >= 0.6 is 11.6 Å². The van der Waals surface area contributed by atoms with E-state index in [2.05, 4.69) is 37.7 Å². The third kappa shape index (κ3) is 8.76. The van der Waals surface area contributed by atoms with Gasteiger partial charge in [0.05, 0.1) is 26.4 Å². The maximum absolute atomic E-state index is 5.97. The van der Waals surface area contributed by atoms with Crippen molar-refractivity contribution in [3.63, 3.8) is 0 Å². The second-order valence-corrected chi connectivity index (χ2v) is 7.42. The monoisotopic (exact) mass is 456 g/mol. The second-order valence-electron chi connectivity index (χ2n) is 6.98. The number of hydrogen-bond acceptors (Lipinski definition) is 8. The molecule has 0 atom stereocenters. The van der Waals surface area contributed by atoms with Gasteiger partial charge in [-0.25, -0.2) is 0 Å². The maximum Gasteiger partial charge on any atom is 0.228 e. The van der Waals surface area contributed by atoms with E-state index in [0.717, 1.165) is 11.1 Å². The molecule has 0 saturated carbocycles. The van der Waals surface area contributed by atoms with Crippen molar-refractivity contribution in [2.45, 2.75) is 13.0 Å². The number of nitrogens with two attached hydrogens (primary N) is 1. The van der Waals surface area contributed by atoms with Crippen molar-refractivity contribution in [2.75, 3.05) is 50.2 Å². The Morgan fingerprint density at radius 3 is 2.16 bits per heavy atom. The molecule has 9 heteroatoms. The van der Waals surface area contributed by atoms with Crippen molar-refractivity contribution in [3.8, 4) is 0 Å². The van der Waals surface area contributed by atoms with Crippen molar-refractivity contribution in [1.29, 1.82) is 0 Å². The lowest BCUT2D eigenvalue weighted by Crippen LogP contribution is -2.17. The topological polar surface area (TPSA) is 107 Å². The molecule has 2 aromatic carbocycles. The zero-order chi connectivity index (χ0) is 22.4. The van der Waals surface area contributed by atoms with Gasteiger partial charge in [0.2, 0.25) is 11.9 Å². The number of ether oxygens (including phenoxy) is 2. The van der Waals surface area contributed by atoms with Crippen LogP contribution in [0, 0.1) is 0 Å². The van der Waals surface area contributed by atoms with Crippen LogP contribution in [0.4, 0.5) is 11.9 Å². The van der Waals surface area contributed by atoms with Gasteiger partial charge < -0.3 is 25.8 Å². The van der Waals surface area contributed by atoms with E-state index in [4.69, 9.17) is 26.8 Å². The molecule has 0 radical (unpaired) electrons. The van der Waals surface area contributed by atoms with E-state index in [1.54, 1.807) is 0 Å². The van der Waals surface area contributed by atoms with Crippen LogP contribution in [0.15, 0.2) is 54.6 Å². The van der Waals surface area contributed by atoms with Gasteiger partial charge in [-0.05, 0) is 23.3 Å². The largest absolute Gasteiger partial charge is 0.378 e. The van der Waals surface area contributed by atoms with Gasteiger partial charge in [0, 0.05) is 31.1 Å². The minimum atomic E-state index is 0.507. The molecule has 0 spiro atoms. The molecule has 1 heterocycles. The van der Waals surface area contributed by atoms with Crippen LogP contribution in [0.25, 0.3) is 0 Å². The summed E-state index contributed by atoms with van der Waals surface area (Å²) in [6.07, 6.45) is 0.614. The van der Waals surface area contributed by atoms with Gasteiger partial charge in [-0.3, -0.25) is 0 Å². The first kappa shape index (κ1) is 23.9. The van der Waals surface area contributed by atoms with Gasteiger partial charge in [-0.15, -0.1) is 0 Å². The average molecular weight is 457 g/mol. The van der Waals surface area contributed by atoms with E-state index in [-0.39, 0.29) is 0 Å². The van der Waals surface area contributed by atoms with E-state index in [9.17, 15) is 0 Å². The number of hydrogen-bond donors (Lipinski definition) is 3. The van der Waals surface area contributed by atoms with Crippen molar-refractivity contribution in [3.05, 3.63) is 76.6 Å². The fourth-order valence-electron chi connectivity index (χ4n) is 2.86. The lowest BCUT2D eigenvalue weighted by atomic mass is 10.1. The van der Waals surface area contributed by atoms with Crippen LogP contribution in [0.2, 0.25) is 5.02 Å². The van der Waals surface area contributed by atoms with Crippen molar-refractivity contribution >= 4 is 23.5 Å². The Hall–Kier alpha value is -2.78. The molecule has 0 bridgehead atoms. The highest BCUT2D eigenvalue weighted by Crippen LogP contribution is 2.13. The Morgan fingerprint density at radius 2 is 1.44 bits per heavy atom. The van der Waals surface area contributed by atoms with Crippen LogP contribution < -0.4 is 16.4 Å². The molecule has 0 unspecified atom stereocenters. The van der Waals surface area contributed by atoms with Crippen LogP contribution in [0.1, 0.15) is 17.0 Å². The van der Waals surface area contributed by atoms with Crippen molar-refractivity contribution in [2.24, 2.45) is 5.73 Å². The smallest absolute Gasteiger partial charge is 0.228 e. The third-order valence-electron chi connectivity index (χ3n) is 4.41. The van der Waals surface area contributed by atoms with E-state index >= 15 is 0 Å². The highest BCUT2D eigenvalue weighted by Gasteiger charge is 2.08. The Bertz CT molecular complexity index is 928. The molecule has 4 N–H and O–H groups in total. The van der Waals surface area contributed by atoms with E-state index in [1.807, 2.05) is 42.5 Å². The minimum Gasteiger partial charge on any atom is -0.378 e. The number of halogens is 1. The Kier molecular flexibility index (Phi) is 10.1. The molecule has 8 nitrogen and oxygen atoms in total. The van der Waals surface area contributed by atoms with E-state index in [0.29, 0.717) is 75.2 Å². The number of aromatic nitrogens is 3. The zero-order valence-corrected chi connectivity index (χ0v) is 18.7. The van der Waals surface area contributed by atoms with Crippen molar-refractivity contribution in [1.82, 2.24) is 15.0 Å². The fourth-order valence-corrected chi connectivity index (χ4v) is 2.99. The van der Waals surface area contributed by atoms with Gasteiger partial charge in [0.15, 0.2) is 0 Å². The maximum atomic E-state index is 5.97. The predicted octanol–water partition coefficient (Wildman–Crippen LogP) is 3.13. The summed E-state index contributed by atoms with van der Waals surface area (Å²) in [7, 11) is 0. The third-order valence-corrected chi connectivity index (χ3v) is 4.67. The quantitative estimate of drug-likeness (QED) is 0.317. The standard InChI is InChI=1S/C23H29ClN6O2/c24-20-8-6-19(7-9-20)17-27-23-29-21(16-18-4-2-1-3-5-18)28-22(30-23)26-11-13-32-15-14-31-12-10-25/h1-9H,10-17,25H2,(H2,26,27,28,29,30). The number of anilines is 2. The van der Waals surface area contributed by atoms with Crippen LogP contribution in [0.5, 0.6) is 0 Å². The van der Waals surface area contributed by atoms with Gasteiger partial charge in [0.1, 0.15) is 5.82 Å². The highest BCUT2D eigenvalue weighted by molar-refractivity contribution is 6.30. The molecule has 0 saturated heterocycles. The van der Waals surface area contributed by atoms with Gasteiger partial charge in [0.25, 0.3) is 0 Å². The molecule has 0 aliphatic heterocycles. The normalized spacial score (nSPS) is 10.8. The van der Waals surface area contributed by atoms with Gasteiger partial charge >= 0.3 is 0 Å². The number of rotatable bonds is 14. The summed E-state index contributed by atoms with van der Waals surface area (Å²) in [4.78, 5) is 13.7. The first-order valence-corrected chi connectivity index (χ1v) is 11.0. The SMILES string of the molecule is NCCOCCOCCNc1nc(Cc2ccccc2)nc(NCc2ccc(Cl)cc2)n1. The molecular formula is C23H29ClN6O2. The lowest BCUT2D eigenvalue weighted by molar-refractivity contribution is 0.0547. The summed E-state index contributed by atoms with van der Waals surface area (Å²) in [5.41, 5.74) is 7.60. The number of nitrogens with one attached hydrogen (secondary N) is 2.